The molecule has 0 fully saturated rings. The number of nitrogens with zero attached hydrogens (tertiary/aromatic N) is 5. The highest BCUT2D eigenvalue weighted by molar-refractivity contribution is 8.04. The van der Waals surface area contributed by atoms with Gasteiger partial charge in [-0.1, -0.05) is 42.5 Å². The van der Waals surface area contributed by atoms with Gasteiger partial charge in [0.25, 0.3) is 5.84 Å². The summed E-state index contributed by atoms with van der Waals surface area (Å²) < 4.78 is 39.7. The zero-order chi connectivity index (χ0) is 26.5. The van der Waals surface area contributed by atoms with Crippen LogP contribution in [0, 0.1) is 5.82 Å². The quantitative estimate of drug-likeness (QED) is 0.261. The molecule has 4 aromatic rings. The van der Waals surface area contributed by atoms with Crippen LogP contribution < -0.4 is 5.84 Å². The summed E-state index contributed by atoms with van der Waals surface area (Å²) in [5, 5.41) is 1.16. The molecule has 2 aromatic heterocycles. The van der Waals surface area contributed by atoms with Crippen molar-refractivity contribution in [2.24, 2.45) is 15.8 Å². The lowest BCUT2D eigenvalue weighted by Gasteiger charge is -2.26. The number of thioether (sulfide) groups is 1. The molecule has 1 unspecified atom stereocenters. The van der Waals surface area contributed by atoms with Crippen LogP contribution in [0.25, 0.3) is 22.2 Å². The molecule has 2 N–H and O–H groups in total. The Morgan fingerprint density at radius 3 is 2.68 bits per heavy atom. The maximum absolute atomic E-state index is 16.1. The summed E-state index contributed by atoms with van der Waals surface area (Å²) in [6.07, 6.45) is 7.49. The highest BCUT2D eigenvalue weighted by Crippen LogP contribution is 2.41. The van der Waals surface area contributed by atoms with E-state index in [1.165, 1.54) is 35.6 Å². The highest BCUT2D eigenvalue weighted by atomic mass is 32.2. The Bertz CT molecular complexity index is 1830. The van der Waals surface area contributed by atoms with Crippen LogP contribution in [-0.2, 0) is 15.6 Å². The van der Waals surface area contributed by atoms with Crippen molar-refractivity contribution in [3.63, 3.8) is 0 Å². The molecule has 0 saturated heterocycles. The second-order valence-electron chi connectivity index (χ2n) is 8.81. The number of pyridine rings is 1. The fourth-order valence-electron chi connectivity index (χ4n) is 4.24. The Morgan fingerprint density at radius 1 is 1.11 bits per heavy atom. The monoisotopic (exact) mass is 563 g/mol. The first-order chi connectivity index (χ1) is 18.2. The molecule has 8 nitrogen and oxygen atoms in total. The molecule has 0 bridgehead atoms. The molecule has 0 amide bonds. The first kappa shape index (κ1) is 24.8. The van der Waals surface area contributed by atoms with Crippen LogP contribution in [0.15, 0.2) is 98.2 Å². The summed E-state index contributed by atoms with van der Waals surface area (Å²) in [5.41, 5.74) is 2.55. The number of rotatable bonds is 6. The smallest absolute Gasteiger partial charge is 0.253 e. The average Bonchev–Trinajstić information content (AvgIpc) is 3.45. The number of aromatic nitrogens is 2. The van der Waals surface area contributed by atoms with Crippen LogP contribution in [0.5, 0.6) is 0 Å². The van der Waals surface area contributed by atoms with Crippen molar-refractivity contribution in [1.82, 2.24) is 9.97 Å². The number of allylic oxidation sites excluding steroid dienone is 1. The largest absolute Gasteiger partial charge is 0.268 e. The average molecular weight is 564 g/mol. The van der Waals surface area contributed by atoms with E-state index < -0.39 is 15.7 Å². The number of amidine groups is 1. The molecule has 1 atom stereocenters. The van der Waals surface area contributed by atoms with E-state index in [-0.39, 0.29) is 27.3 Å². The van der Waals surface area contributed by atoms with Gasteiger partial charge in [-0.2, -0.15) is 10.8 Å². The Balaban J connectivity index is 1.41. The Labute approximate surface area is 226 Å². The topological polar surface area (TPSA) is 111 Å². The van der Waals surface area contributed by atoms with Gasteiger partial charge in [-0.3, -0.25) is 4.99 Å². The van der Waals surface area contributed by atoms with Crippen LogP contribution in [0.4, 0.5) is 4.39 Å². The maximum atomic E-state index is 16.1. The molecule has 38 heavy (non-hydrogen) atoms. The molecule has 0 radical (unpaired) electrons. The highest BCUT2D eigenvalue weighted by Gasteiger charge is 2.45. The lowest BCUT2D eigenvalue weighted by atomic mass is 10.1. The summed E-state index contributed by atoms with van der Waals surface area (Å²) >= 11 is 2.50. The van der Waals surface area contributed by atoms with Crippen LogP contribution in [-0.4, -0.2) is 41.3 Å². The SMILES string of the molecule is CS(=O)(=O)Cc1cnc(SC2=C3C=NC=C[N+]3(N)C(c3ccc4ccc(-c5ccccc5)nc4c3F)=N2)s1. The van der Waals surface area contributed by atoms with E-state index in [9.17, 15) is 8.42 Å². The van der Waals surface area contributed by atoms with E-state index in [1.54, 1.807) is 30.7 Å². The van der Waals surface area contributed by atoms with Gasteiger partial charge in [-0.05, 0) is 23.9 Å². The van der Waals surface area contributed by atoms with Gasteiger partial charge in [-0.25, -0.2) is 22.8 Å². The van der Waals surface area contributed by atoms with Crippen LogP contribution in [0.3, 0.4) is 0 Å². The summed E-state index contributed by atoms with van der Waals surface area (Å²) in [4.78, 5) is 18.5. The van der Waals surface area contributed by atoms with Crippen molar-refractivity contribution in [3.05, 3.63) is 100 Å². The molecule has 0 spiro atoms. The number of hydrogen-bond acceptors (Lipinski definition) is 9. The van der Waals surface area contributed by atoms with Crippen molar-refractivity contribution < 1.29 is 17.4 Å². The second kappa shape index (κ2) is 9.33. The molecule has 0 aliphatic carbocycles. The standard InChI is InChI=1S/C26H20FN6O2S3/c1-38(34,35)15-18-13-30-26(36-18)37-25-21-14-29-11-12-33(21,28)24(32-25)19-9-7-17-8-10-20(31-23(17)22(19)27)16-5-3-2-4-6-16/h2-14H,15,28H2,1H3/q+1. The summed E-state index contributed by atoms with van der Waals surface area (Å²) in [6.45, 7) is 0. The van der Waals surface area contributed by atoms with Gasteiger partial charge in [0.2, 0.25) is 5.70 Å². The third-order valence-electron chi connectivity index (χ3n) is 5.99. The van der Waals surface area contributed by atoms with Gasteiger partial charge in [-0.15, -0.1) is 15.9 Å². The van der Waals surface area contributed by atoms with Crippen molar-refractivity contribution in [3.8, 4) is 11.3 Å². The lowest BCUT2D eigenvalue weighted by molar-refractivity contribution is -0.750. The van der Waals surface area contributed by atoms with Gasteiger partial charge in [0.15, 0.2) is 25.0 Å². The normalized spacial score (nSPS) is 18.8. The van der Waals surface area contributed by atoms with Crippen molar-refractivity contribution in [2.75, 3.05) is 6.26 Å². The van der Waals surface area contributed by atoms with Crippen LogP contribution in [0.1, 0.15) is 10.4 Å². The molecule has 2 aromatic carbocycles. The minimum absolute atomic E-state index is 0.0903. The fourth-order valence-corrected chi connectivity index (χ4v) is 7.58. The number of quaternary nitrogens is 1. The molecule has 190 valence electrons. The minimum atomic E-state index is -3.19. The van der Waals surface area contributed by atoms with E-state index in [4.69, 9.17) is 10.8 Å². The van der Waals surface area contributed by atoms with Gasteiger partial charge < -0.3 is 0 Å². The third-order valence-corrected chi connectivity index (χ3v) is 9.08. The van der Waals surface area contributed by atoms with Crippen molar-refractivity contribution in [1.29, 1.82) is 0 Å². The number of aliphatic imine (C=N–C) groups is 2. The van der Waals surface area contributed by atoms with Gasteiger partial charge in [0, 0.05) is 28.3 Å². The van der Waals surface area contributed by atoms with E-state index in [2.05, 4.69) is 15.0 Å². The number of benzene rings is 2. The molecule has 4 heterocycles. The molecule has 0 saturated carbocycles. The zero-order valence-corrected chi connectivity index (χ0v) is 22.4. The number of sulfone groups is 1. The first-order valence-corrected chi connectivity index (χ1v) is 15.1. The fraction of sp³-hybridized carbons (Fsp3) is 0.0769. The van der Waals surface area contributed by atoms with E-state index >= 15 is 4.39 Å². The Hall–Kier alpha value is -3.55. The lowest BCUT2D eigenvalue weighted by Crippen LogP contribution is -2.53. The van der Waals surface area contributed by atoms with Gasteiger partial charge >= 0.3 is 0 Å². The van der Waals surface area contributed by atoms with Crippen molar-refractivity contribution >= 4 is 55.9 Å². The molecule has 6 rings (SSSR count). The Kier molecular flexibility index (Phi) is 6.08. The third kappa shape index (κ3) is 4.50. The number of fused-ring (bicyclic) bond motifs is 2. The minimum Gasteiger partial charge on any atom is -0.253 e. The predicted octanol–water partition coefficient (Wildman–Crippen LogP) is 5.01. The summed E-state index contributed by atoms with van der Waals surface area (Å²) in [7, 11) is -3.19. The second-order valence-corrected chi connectivity index (χ2v) is 13.3. The van der Waals surface area contributed by atoms with E-state index in [1.807, 2.05) is 42.5 Å². The predicted molar refractivity (Wildman–Crippen MR) is 149 cm³/mol. The maximum Gasteiger partial charge on any atom is 0.268 e. The molecular formula is C26H20FN6O2S3+. The van der Waals surface area contributed by atoms with E-state index in [0.29, 0.717) is 31.0 Å². The van der Waals surface area contributed by atoms with Gasteiger partial charge in [0.1, 0.15) is 11.7 Å². The van der Waals surface area contributed by atoms with Crippen LogP contribution in [0.2, 0.25) is 0 Å². The molecular weight excluding hydrogens is 544 g/mol. The zero-order valence-electron chi connectivity index (χ0n) is 19.9. The molecule has 12 heteroatoms. The number of thiazole rings is 1. The molecule has 2 aliphatic rings. The number of nitrogens with two attached hydrogens (primary N) is 1. The number of halogens is 1. The Morgan fingerprint density at radius 2 is 1.89 bits per heavy atom. The first-order valence-electron chi connectivity index (χ1n) is 11.4. The molecule has 2 aliphatic heterocycles. The van der Waals surface area contributed by atoms with E-state index in [0.717, 1.165) is 5.56 Å². The van der Waals surface area contributed by atoms with Gasteiger partial charge in [0.05, 0.1) is 29.4 Å². The van der Waals surface area contributed by atoms with Crippen LogP contribution >= 0.6 is 23.1 Å². The number of hydrogen-bond donors (Lipinski definition) is 1. The van der Waals surface area contributed by atoms with Crippen molar-refractivity contribution in [2.45, 2.75) is 10.1 Å². The summed E-state index contributed by atoms with van der Waals surface area (Å²) in [6, 6.07) is 16.8. The summed E-state index contributed by atoms with van der Waals surface area (Å²) in [5.74, 6) is 6.45.